The molecule has 0 spiro atoms. The molecular weight excluding hydrogens is 360 g/mol. The summed E-state index contributed by atoms with van der Waals surface area (Å²) >= 11 is 0. The Hall–Kier alpha value is -3.74. The predicted molar refractivity (Wildman–Crippen MR) is 107 cm³/mol. The van der Waals surface area contributed by atoms with Crippen LogP contribution in [0, 0.1) is 0 Å². The molecule has 0 heterocycles. The van der Waals surface area contributed by atoms with Gasteiger partial charge >= 0.3 is 5.97 Å². The normalized spacial score (nSPS) is 10.4. The molecule has 7 heteroatoms. The van der Waals surface area contributed by atoms with E-state index < -0.39 is 11.9 Å². The van der Waals surface area contributed by atoms with E-state index in [0.29, 0.717) is 11.4 Å². The molecule has 0 atom stereocenters. The molecule has 3 N–H and O–H groups in total. The van der Waals surface area contributed by atoms with Gasteiger partial charge in [0.05, 0.1) is 43.8 Å². The lowest BCUT2D eigenvalue weighted by molar-refractivity contribution is 0.0601. The van der Waals surface area contributed by atoms with Crippen LogP contribution < -0.4 is 20.5 Å². The van der Waals surface area contributed by atoms with Crippen molar-refractivity contribution in [3.63, 3.8) is 0 Å². The van der Waals surface area contributed by atoms with Crippen LogP contribution in [0.4, 0.5) is 11.4 Å². The fourth-order valence-corrected chi connectivity index (χ4v) is 3.04. The number of ether oxygens (including phenoxy) is 3. The summed E-state index contributed by atoms with van der Waals surface area (Å²) in [6, 6.07) is 13.9. The Morgan fingerprint density at radius 2 is 1.68 bits per heavy atom. The van der Waals surface area contributed by atoms with Gasteiger partial charge in [-0.05, 0) is 23.6 Å². The van der Waals surface area contributed by atoms with E-state index in [1.807, 2.05) is 24.3 Å². The number of carbonyl (C=O) groups is 2. The van der Waals surface area contributed by atoms with Gasteiger partial charge in [-0.1, -0.05) is 30.3 Å². The highest BCUT2D eigenvalue weighted by Crippen LogP contribution is 2.36. The molecule has 3 rings (SSSR count). The number of rotatable bonds is 5. The highest BCUT2D eigenvalue weighted by molar-refractivity contribution is 6.14. The molecule has 3 aromatic carbocycles. The first kappa shape index (κ1) is 19.0. The van der Waals surface area contributed by atoms with Gasteiger partial charge in [-0.2, -0.15) is 0 Å². The zero-order valence-corrected chi connectivity index (χ0v) is 15.7. The molecule has 0 saturated heterocycles. The largest absolute Gasteiger partial charge is 0.495 e. The molecule has 0 saturated carbocycles. The molecule has 0 unspecified atom stereocenters. The van der Waals surface area contributed by atoms with Crippen LogP contribution in [0.25, 0.3) is 10.8 Å². The molecule has 0 fully saturated rings. The van der Waals surface area contributed by atoms with Crippen LogP contribution >= 0.6 is 0 Å². The number of hydrogen-bond acceptors (Lipinski definition) is 6. The molecule has 0 aliphatic carbocycles. The van der Waals surface area contributed by atoms with Gasteiger partial charge in [0.25, 0.3) is 5.91 Å². The van der Waals surface area contributed by atoms with E-state index in [4.69, 9.17) is 19.9 Å². The van der Waals surface area contributed by atoms with Crippen LogP contribution in [-0.4, -0.2) is 33.2 Å². The van der Waals surface area contributed by atoms with Gasteiger partial charge in [-0.15, -0.1) is 0 Å². The molecule has 144 valence electrons. The first-order valence-electron chi connectivity index (χ1n) is 8.43. The Bertz CT molecular complexity index is 1060. The Kier molecular flexibility index (Phi) is 5.35. The minimum Gasteiger partial charge on any atom is -0.495 e. The van der Waals surface area contributed by atoms with E-state index in [-0.39, 0.29) is 22.6 Å². The fourth-order valence-electron chi connectivity index (χ4n) is 3.04. The summed E-state index contributed by atoms with van der Waals surface area (Å²) in [5.74, 6) is -0.516. The van der Waals surface area contributed by atoms with Gasteiger partial charge in [0, 0.05) is 5.39 Å². The maximum Gasteiger partial charge on any atom is 0.340 e. The van der Waals surface area contributed by atoms with Crippen molar-refractivity contribution in [2.75, 3.05) is 32.4 Å². The maximum atomic E-state index is 13.1. The third kappa shape index (κ3) is 3.29. The number of hydrogen-bond donors (Lipinski definition) is 2. The highest BCUT2D eigenvalue weighted by Gasteiger charge is 2.22. The fraction of sp³-hybridized carbons (Fsp3) is 0.143. The van der Waals surface area contributed by atoms with Crippen molar-refractivity contribution < 1.29 is 23.8 Å². The van der Waals surface area contributed by atoms with Gasteiger partial charge in [0.2, 0.25) is 0 Å². The zero-order valence-electron chi connectivity index (χ0n) is 15.7. The van der Waals surface area contributed by atoms with E-state index in [9.17, 15) is 9.59 Å². The van der Waals surface area contributed by atoms with Gasteiger partial charge in [-0.3, -0.25) is 4.79 Å². The topological polar surface area (TPSA) is 99.9 Å². The minimum atomic E-state index is -0.598. The van der Waals surface area contributed by atoms with Crippen molar-refractivity contribution in [3.05, 3.63) is 59.7 Å². The standard InChI is InChI=1S/C21H20N2O5/c1-26-16-10-6-9-14(21(25)28-3)18(16)23-20(24)15-11-12-7-4-5-8-13(12)17(22)19(15)27-2/h4-11H,22H2,1-3H3,(H,23,24). The van der Waals surface area contributed by atoms with Gasteiger partial charge in [0.1, 0.15) is 5.75 Å². The number of nitrogen functional groups attached to an aromatic ring is 1. The van der Waals surface area contributed by atoms with Gasteiger partial charge in [-0.25, -0.2) is 4.79 Å². The van der Waals surface area contributed by atoms with Crippen molar-refractivity contribution in [2.45, 2.75) is 0 Å². The first-order chi connectivity index (χ1) is 13.5. The minimum absolute atomic E-state index is 0.169. The molecule has 1 amide bonds. The molecule has 0 aromatic heterocycles. The predicted octanol–water partition coefficient (Wildman–Crippen LogP) is 3.48. The molecule has 7 nitrogen and oxygen atoms in total. The number of nitrogens with two attached hydrogens (primary N) is 1. The molecule has 0 aliphatic heterocycles. The molecule has 28 heavy (non-hydrogen) atoms. The molecule has 0 aliphatic rings. The number of amides is 1. The lowest BCUT2D eigenvalue weighted by atomic mass is 10.0. The number of methoxy groups -OCH3 is 3. The van der Waals surface area contributed by atoms with Crippen molar-refractivity contribution in [1.29, 1.82) is 0 Å². The van der Waals surface area contributed by atoms with Crippen LogP contribution in [0.15, 0.2) is 48.5 Å². The van der Waals surface area contributed by atoms with Crippen molar-refractivity contribution in [1.82, 2.24) is 0 Å². The van der Waals surface area contributed by atoms with Crippen LogP contribution in [0.3, 0.4) is 0 Å². The number of nitrogens with one attached hydrogen (secondary N) is 1. The van der Waals surface area contributed by atoms with Crippen LogP contribution in [0.5, 0.6) is 11.5 Å². The number of benzene rings is 3. The van der Waals surface area contributed by atoms with E-state index in [2.05, 4.69) is 5.32 Å². The highest BCUT2D eigenvalue weighted by atomic mass is 16.5. The molecular formula is C21H20N2O5. The maximum absolute atomic E-state index is 13.1. The average molecular weight is 380 g/mol. The third-order valence-electron chi connectivity index (χ3n) is 4.38. The molecule has 0 radical (unpaired) electrons. The SMILES string of the molecule is COC(=O)c1cccc(OC)c1NC(=O)c1cc2ccccc2c(N)c1OC. The first-order valence-corrected chi connectivity index (χ1v) is 8.43. The van der Waals surface area contributed by atoms with E-state index in [1.54, 1.807) is 18.2 Å². The second kappa shape index (κ2) is 7.87. The van der Waals surface area contributed by atoms with Crippen molar-refractivity contribution in [2.24, 2.45) is 0 Å². The quantitative estimate of drug-likeness (QED) is 0.519. The zero-order chi connectivity index (χ0) is 20.3. The summed E-state index contributed by atoms with van der Waals surface area (Å²) in [6.45, 7) is 0. The number of carbonyl (C=O) groups excluding carboxylic acids is 2. The summed E-state index contributed by atoms with van der Waals surface area (Å²) in [5, 5.41) is 4.30. The third-order valence-corrected chi connectivity index (χ3v) is 4.38. The Balaban J connectivity index is 2.11. The van der Waals surface area contributed by atoms with Crippen LogP contribution in [-0.2, 0) is 4.74 Å². The van der Waals surface area contributed by atoms with Crippen LogP contribution in [0.1, 0.15) is 20.7 Å². The summed E-state index contributed by atoms with van der Waals surface area (Å²) in [7, 11) is 4.15. The number of anilines is 2. The molecule has 0 bridgehead atoms. The second-order valence-electron chi connectivity index (χ2n) is 5.92. The van der Waals surface area contributed by atoms with Crippen LogP contribution in [0.2, 0.25) is 0 Å². The molecule has 3 aromatic rings. The van der Waals surface area contributed by atoms with E-state index in [1.165, 1.54) is 27.4 Å². The monoisotopic (exact) mass is 380 g/mol. The summed E-state index contributed by atoms with van der Waals surface area (Å²) in [6.07, 6.45) is 0. The van der Waals surface area contributed by atoms with Crippen molar-refractivity contribution in [3.8, 4) is 11.5 Å². The lowest BCUT2D eigenvalue weighted by Crippen LogP contribution is -2.17. The summed E-state index contributed by atoms with van der Waals surface area (Å²) < 4.78 is 15.5. The van der Waals surface area contributed by atoms with E-state index in [0.717, 1.165) is 10.8 Å². The number of esters is 1. The van der Waals surface area contributed by atoms with E-state index >= 15 is 0 Å². The smallest absolute Gasteiger partial charge is 0.340 e. The number of fused-ring (bicyclic) bond motifs is 1. The van der Waals surface area contributed by atoms with Gasteiger partial charge in [0.15, 0.2) is 5.75 Å². The lowest BCUT2D eigenvalue weighted by Gasteiger charge is -2.16. The summed E-state index contributed by atoms with van der Waals surface area (Å²) in [4.78, 5) is 25.2. The Morgan fingerprint density at radius 3 is 2.36 bits per heavy atom. The van der Waals surface area contributed by atoms with Gasteiger partial charge < -0.3 is 25.3 Å². The average Bonchev–Trinajstić information content (AvgIpc) is 2.73. The van der Waals surface area contributed by atoms with Crippen molar-refractivity contribution >= 4 is 34.0 Å². The summed E-state index contributed by atoms with van der Waals surface area (Å²) in [5.41, 5.74) is 7.18. The Morgan fingerprint density at radius 1 is 0.929 bits per heavy atom. The Labute approximate surface area is 162 Å². The number of para-hydroxylation sites is 1. The second-order valence-corrected chi connectivity index (χ2v) is 5.92.